The van der Waals surface area contributed by atoms with Crippen LogP contribution in [0.3, 0.4) is 0 Å². The summed E-state index contributed by atoms with van der Waals surface area (Å²) in [6, 6.07) is 17.1. The van der Waals surface area contributed by atoms with E-state index in [0.717, 1.165) is 16.9 Å². The normalized spacial score (nSPS) is 11.9. The van der Waals surface area contributed by atoms with Crippen molar-refractivity contribution in [3.63, 3.8) is 0 Å². The molecule has 0 aromatic heterocycles. The number of ketones is 1. The van der Waals surface area contributed by atoms with Crippen molar-refractivity contribution in [2.24, 2.45) is 0 Å². The molecular weight excluding hydrogens is 304 g/mol. The van der Waals surface area contributed by atoms with Crippen LogP contribution in [0.1, 0.15) is 15.9 Å². The monoisotopic (exact) mass is 318 g/mol. The lowest BCUT2D eigenvalue weighted by Crippen LogP contribution is -2.17. The zero-order valence-corrected chi connectivity index (χ0v) is 12.3. The number of para-hydroxylation sites is 1. The Bertz CT molecular complexity index is 552. The first-order valence-corrected chi connectivity index (χ1v) is 6.99. The number of rotatable bonds is 5. The van der Waals surface area contributed by atoms with E-state index in [9.17, 15) is 4.79 Å². The van der Waals surface area contributed by atoms with E-state index in [-0.39, 0.29) is 10.6 Å². The zero-order valence-electron chi connectivity index (χ0n) is 10.7. The van der Waals surface area contributed by atoms with Gasteiger partial charge in [0.25, 0.3) is 0 Å². The fraction of sp³-hybridized carbons (Fsp3) is 0.188. The summed E-state index contributed by atoms with van der Waals surface area (Å²) in [5.41, 5.74) is 1.75. The summed E-state index contributed by atoms with van der Waals surface area (Å²) in [6.07, 6.45) is 0.609. The van der Waals surface area contributed by atoms with E-state index in [2.05, 4.69) is 15.9 Å². The van der Waals surface area contributed by atoms with Crippen LogP contribution in [0.4, 0.5) is 0 Å². The predicted octanol–water partition coefficient (Wildman–Crippen LogP) is 3.88. The van der Waals surface area contributed by atoms with Gasteiger partial charge in [0.15, 0.2) is 5.78 Å². The molecule has 0 heterocycles. The predicted molar refractivity (Wildman–Crippen MR) is 80.2 cm³/mol. The van der Waals surface area contributed by atoms with Crippen LogP contribution in [0, 0.1) is 0 Å². The lowest BCUT2D eigenvalue weighted by Gasteiger charge is -2.12. The van der Waals surface area contributed by atoms with Crippen LogP contribution < -0.4 is 4.74 Å². The lowest BCUT2D eigenvalue weighted by molar-refractivity contribution is 0.0991. The fourth-order valence-corrected chi connectivity index (χ4v) is 2.55. The summed E-state index contributed by atoms with van der Waals surface area (Å²) in [7, 11) is 1.64. The van der Waals surface area contributed by atoms with Gasteiger partial charge in [0.2, 0.25) is 0 Å². The molecule has 0 aliphatic rings. The maximum atomic E-state index is 12.3. The summed E-state index contributed by atoms with van der Waals surface area (Å²) >= 11 is 3.47. The van der Waals surface area contributed by atoms with Crippen molar-refractivity contribution in [3.05, 3.63) is 65.7 Å². The number of ether oxygens (including phenoxy) is 1. The number of hydrogen-bond donors (Lipinski definition) is 0. The quantitative estimate of drug-likeness (QED) is 0.617. The highest BCUT2D eigenvalue weighted by Gasteiger charge is 2.18. The van der Waals surface area contributed by atoms with Gasteiger partial charge in [0, 0.05) is 5.56 Å². The van der Waals surface area contributed by atoms with Gasteiger partial charge in [0.05, 0.1) is 11.9 Å². The first kappa shape index (κ1) is 13.8. The molecule has 98 valence electrons. The van der Waals surface area contributed by atoms with E-state index in [1.807, 2.05) is 54.6 Å². The molecule has 0 aliphatic heterocycles. The first-order chi connectivity index (χ1) is 9.22. The second-order valence-electron chi connectivity index (χ2n) is 4.21. The van der Waals surface area contributed by atoms with Gasteiger partial charge in [-0.3, -0.25) is 4.79 Å². The molecule has 2 rings (SSSR count). The van der Waals surface area contributed by atoms with Gasteiger partial charge in [-0.2, -0.15) is 0 Å². The fourth-order valence-electron chi connectivity index (χ4n) is 1.94. The number of benzene rings is 2. The van der Waals surface area contributed by atoms with Crippen molar-refractivity contribution >= 4 is 21.7 Å². The number of carbonyl (C=O) groups excluding carboxylic acids is 1. The van der Waals surface area contributed by atoms with Gasteiger partial charge in [0.1, 0.15) is 5.75 Å². The maximum Gasteiger partial charge on any atom is 0.176 e. The molecule has 0 bridgehead atoms. The van der Waals surface area contributed by atoms with Crippen LogP contribution >= 0.6 is 15.9 Å². The Morgan fingerprint density at radius 2 is 1.74 bits per heavy atom. The third-order valence-corrected chi connectivity index (χ3v) is 3.67. The molecule has 0 saturated heterocycles. The van der Waals surface area contributed by atoms with Crippen LogP contribution in [0.25, 0.3) is 0 Å². The van der Waals surface area contributed by atoms with Crippen LogP contribution in [0.2, 0.25) is 0 Å². The number of halogens is 1. The molecule has 0 amide bonds. The summed E-state index contributed by atoms with van der Waals surface area (Å²) in [4.78, 5) is 12.0. The van der Waals surface area contributed by atoms with Crippen molar-refractivity contribution in [2.75, 3.05) is 7.11 Å². The number of carbonyl (C=O) groups is 1. The topological polar surface area (TPSA) is 26.3 Å². The third-order valence-electron chi connectivity index (χ3n) is 2.93. The van der Waals surface area contributed by atoms with Crippen LogP contribution in [0.15, 0.2) is 54.6 Å². The smallest absolute Gasteiger partial charge is 0.176 e. The average molecular weight is 319 g/mol. The number of hydrogen-bond acceptors (Lipinski definition) is 2. The minimum Gasteiger partial charge on any atom is -0.496 e. The molecule has 2 aromatic carbocycles. The van der Waals surface area contributed by atoms with Gasteiger partial charge in [-0.05, 0) is 18.1 Å². The second kappa shape index (κ2) is 6.53. The Kier molecular flexibility index (Phi) is 4.74. The Hall–Kier alpha value is -1.61. The van der Waals surface area contributed by atoms with E-state index in [0.29, 0.717) is 6.42 Å². The first-order valence-electron chi connectivity index (χ1n) is 6.07. The highest BCUT2D eigenvalue weighted by atomic mass is 79.9. The molecule has 0 fully saturated rings. The van der Waals surface area contributed by atoms with Crippen molar-refractivity contribution in [1.82, 2.24) is 0 Å². The molecule has 2 aromatic rings. The van der Waals surface area contributed by atoms with Crippen LogP contribution in [-0.4, -0.2) is 17.7 Å². The molecule has 0 radical (unpaired) electrons. The molecule has 3 heteroatoms. The molecule has 19 heavy (non-hydrogen) atoms. The number of methoxy groups -OCH3 is 1. The SMILES string of the molecule is COc1ccccc1CC(Br)C(=O)c1ccccc1. The van der Waals surface area contributed by atoms with Crippen molar-refractivity contribution < 1.29 is 9.53 Å². The zero-order chi connectivity index (χ0) is 13.7. The molecule has 2 nitrogen and oxygen atoms in total. The molecular formula is C16H15BrO2. The molecule has 0 aliphatic carbocycles. The highest BCUT2D eigenvalue weighted by Crippen LogP contribution is 2.23. The number of alkyl halides is 1. The van der Waals surface area contributed by atoms with Crippen molar-refractivity contribution in [2.45, 2.75) is 11.2 Å². The Labute approximate surface area is 121 Å². The van der Waals surface area contributed by atoms with Gasteiger partial charge in [-0.1, -0.05) is 64.5 Å². The van der Waals surface area contributed by atoms with Gasteiger partial charge >= 0.3 is 0 Å². The van der Waals surface area contributed by atoms with E-state index >= 15 is 0 Å². The Morgan fingerprint density at radius 3 is 2.42 bits per heavy atom. The van der Waals surface area contributed by atoms with Gasteiger partial charge in [-0.25, -0.2) is 0 Å². The average Bonchev–Trinajstić information content (AvgIpc) is 2.48. The van der Waals surface area contributed by atoms with Crippen molar-refractivity contribution in [3.8, 4) is 5.75 Å². The largest absolute Gasteiger partial charge is 0.496 e. The molecule has 0 spiro atoms. The van der Waals surface area contributed by atoms with E-state index in [1.54, 1.807) is 7.11 Å². The Morgan fingerprint density at radius 1 is 1.11 bits per heavy atom. The van der Waals surface area contributed by atoms with Gasteiger partial charge in [-0.15, -0.1) is 0 Å². The summed E-state index contributed by atoms with van der Waals surface area (Å²) < 4.78 is 5.30. The number of Topliss-reactive ketones (excluding diaryl/α,β-unsaturated/α-hetero) is 1. The standard InChI is InChI=1S/C16H15BrO2/c1-19-15-10-6-5-9-13(15)11-14(17)16(18)12-7-3-2-4-8-12/h2-10,14H,11H2,1H3. The van der Waals surface area contributed by atoms with Crippen molar-refractivity contribution in [1.29, 1.82) is 0 Å². The summed E-state index contributed by atoms with van der Waals surface area (Å²) in [5, 5.41) is 0. The minimum absolute atomic E-state index is 0.0894. The lowest BCUT2D eigenvalue weighted by atomic mass is 10.0. The molecule has 0 N–H and O–H groups in total. The maximum absolute atomic E-state index is 12.3. The van der Waals surface area contributed by atoms with Gasteiger partial charge < -0.3 is 4.74 Å². The van der Waals surface area contributed by atoms with E-state index < -0.39 is 0 Å². The second-order valence-corrected chi connectivity index (χ2v) is 5.32. The van der Waals surface area contributed by atoms with Crippen LogP contribution in [-0.2, 0) is 6.42 Å². The highest BCUT2D eigenvalue weighted by molar-refractivity contribution is 9.10. The van der Waals surface area contributed by atoms with Crippen LogP contribution in [0.5, 0.6) is 5.75 Å². The van der Waals surface area contributed by atoms with E-state index in [1.165, 1.54) is 0 Å². The summed E-state index contributed by atoms with van der Waals surface area (Å²) in [6.45, 7) is 0. The summed E-state index contributed by atoms with van der Waals surface area (Å²) in [5.74, 6) is 0.902. The van der Waals surface area contributed by atoms with E-state index in [4.69, 9.17) is 4.74 Å². The molecule has 1 atom stereocenters. The molecule has 1 unspecified atom stereocenters. The molecule has 0 saturated carbocycles. The Balaban J connectivity index is 2.13. The minimum atomic E-state index is -0.244. The third kappa shape index (κ3) is 3.44.